The normalized spacial score (nSPS) is 18.5. The number of pyridine rings is 1. The number of rotatable bonds is 5. The highest BCUT2D eigenvalue weighted by Gasteiger charge is 2.42. The van der Waals surface area contributed by atoms with Crippen LogP contribution in [-0.4, -0.2) is 42.9 Å². The molecule has 2 aliphatic rings. The highest BCUT2D eigenvalue weighted by atomic mass is 16.5. The molecule has 2 aromatic carbocycles. The van der Waals surface area contributed by atoms with Gasteiger partial charge in [-0.25, -0.2) is 4.68 Å². The summed E-state index contributed by atoms with van der Waals surface area (Å²) in [7, 11) is 1.92. The van der Waals surface area contributed by atoms with Gasteiger partial charge in [0.15, 0.2) is 0 Å². The lowest BCUT2D eigenvalue weighted by atomic mass is 9.86. The maximum atomic E-state index is 11.0. The van der Waals surface area contributed by atoms with Gasteiger partial charge in [0.2, 0.25) is 0 Å². The van der Waals surface area contributed by atoms with Crippen molar-refractivity contribution in [1.82, 2.24) is 24.5 Å². The zero-order valence-electron chi connectivity index (χ0n) is 21.3. The van der Waals surface area contributed by atoms with Crippen LogP contribution in [-0.2, 0) is 17.4 Å². The van der Waals surface area contributed by atoms with E-state index >= 15 is 0 Å². The Morgan fingerprint density at radius 1 is 1.03 bits per heavy atom. The second kappa shape index (κ2) is 8.50. The molecule has 7 rings (SSSR count). The van der Waals surface area contributed by atoms with Crippen molar-refractivity contribution < 1.29 is 9.84 Å². The summed E-state index contributed by atoms with van der Waals surface area (Å²) in [6.07, 6.45) is 5.57. The summed E-state index contributed by atoms with van der Waals surface area (Å²) < 4.78 is 10.1. The molecule has 2 fully saturated rings. The van der Waals surface area contributed by atoms with Gasteiger partial charge in [-0.2, -0.15) is 0 Å². The van der Waals surface area contributed by atoms with Crippen LogP contribution in [0.2, 0.25) is 0 Å². The van der Waals surface area contributed by atoms with E-state index in [1.54, 1.807) is 0 Å². The monoisotopic (exact) mass is 493 g/mol. The highest BCUT2D eigenvalue weighted by molar-refractivity contribution is 6.07. The number of fused-ring (bicyclic) bond motifs is 3. The number of aliphatic hydroxyl groups is 1. The van der Waals surface area contributed by atoms with Gasteiger partial charge in [-0.1, -0.05) is 47.7 Å². The lowest BCUT2D eigenvalue weighted by Gasteiger charge is -2.33. The molecule has 1 atom stereocenters. The molecule has 7 heteroatoms. The Balaban J connectivity index is 1.54. The Hall–Kier alpha value is -3.55. The van der Waals surface area contributed by atoms with Gasteiger partial charge in [-0.3, -0.25) is 4.98 Å². The quantitative estimate of drug-likeness (QED) is 0.360. The minimum absolute atomic E-state index is 0.122. The SMILES string of the molecule is Cc1nnn(C)c1-c1cnc2c3ccc(C4(O)CC4)cc3n([C@H](c3ccccc3)C3CCOCC3)c2c1. The van der Waals surface area contributed by atoms with Gasteiger partial charge < -0.3 is 14.4 Å². The van der Waals surface area contributed by atoms with Crippen LogP contribution in [0.1, 0.15) is 48.5 Å². The first-order valence-corrected chi connectivity index (χ1v) is 13.2. The van der Waals surface area contributed by atoms with Crippen LogP contribution in [0.25, 0.3) is 33.2 Å². The van der Waals surface area contributed by atoms with E-state index in [1.165, 1.54) is 5.56 Å². The van der Waals surface area contributed by atoms with Crippen LogP contribution in [0.5, 0.6) is 0 Å². The van der Waals surface area contributed by atoms with Crippen LogP contribution in [0, 0.1) is 12.8 Å². The molecule has 1 saturated heterocycles. The second-order valence-electron chi connectivity index (χ2n) is 10.7. The van der Waals surface area contributed by atoms with Gasteiger partial charge in [0, 0.05) is 37.4 Å². The Morgan fingerprint density at radius 2 is 1.81 bits per heavy atom. The summed E-state index contributed by atoms with van der Waals surface area (Å²) in [5.74, 6) is 0.423. The van der Waals surface area contributed by atoms with Crippen molar-refractivity contribution in [3.05, 3.63) is 77.6 Å². The van der Waals surface area contributed by atoms with Crippen LogP contribution in [0.3, 0.4) is 0 Å². The number of nitrogens with zero attached hydrogens (tertiary/aromatic N) is 5. The standard InChI is InChI=1S/C30H31N5O2/c1-19-28(34(2)33-32-19)22-16-26-27(31-18-22)24-9-8-23(30(36)12-13-30)17-25(24)35(26)29(20-6-4-3-5-7-20)21-10-14-37-15-11-21/h3-9,16-18,21,29,36H,10-15H2,1-2H3/t29-/m1/s1. The first-order valence-electron chi connectivity index (χ1n) is 13.2. The molecule has 1 aliphatic carbocycles. The van der Waals surface area contributed by atoms with Crippen molar-refractivity contribution in [3.63, 3.8) is 0 Å². The summed E-state index contributed by atoms with van der Waals surface area (Å²) >= 11 is 0. The number of hydrogen-bond acceptors (Lipinski definition) is 5. The van der Waals surface area contributed by atoms with Crippen molar-refractivity contribution in [2.45, 2.75) is 44.2 Å². The fourth-order valence-corrected chi connectivity index (χ4v) is 6.20. The van der Waals surface area contributed by atoms with Crippen molar-refractivity contribution in [1.29, 1.82) is 0 Å². The van der Waals surface area contributed by atoms with E-state index in [9.17, 15) is 5.11 Å². The molecular weight excluding hydrogens is 462 g/mol. The van der Waals surface area contributed by atoms with Crippen LogP contribution < -0.4 is 0 Å². The summed E-state index contributed by atoms with van der Waals surface area (Å²) in [6, 6.07) is 19.6. The van der Waals surface area contributed by atoms with Gasteiger partial charge in [0.05, 0.1) is 39.6 Å². The predicted octanol–water partition coefficient (Wildman–Crippen LogP) is 5.29. The molecule has 3 aromatic heterocycles. The van der Waals surface area contributed by atoms with Crippen LogP contribution in [0.4, 0.5) is 0 Å². The highest BCUT2D eigenvalue weighted by Crippen LogP contribution is 2.47. The average Bonchev–Trinajstić information content (AvgIpc) is 3.49. The van der Waals surface area contributed by atoms with Crippen molar-refractivity contribution in [2.75, 3.05) is 13.2 Å². The van der Waals surface area contributed by atoms with Gasteiger partial charge in [0.25, 0.3) is 0 Å². The molecule has 0 amide bonds. The minimum atomic E-state index is -0.702. The average molecular weight is 494 g/mol. The van der Waals surface area contributed by atoms with Crippen molar-refractivity contribution >= 4 is 21.9 Å². The first kappa shape index (κ1) is 22.6. The maximum Gasteiger partial charge on any atom is 0.0960 e. The second-order valence-corrected chi connectivity index (χ2v) is 10.7. The van der Waals surface area contributed by atoms with E-state index in [0.717, 1.165) is 83.3 Å². The van der Waals surface area contributed by atoms with E-state index in [1.807, 2.05) is 24.9 Å². The summed E-state index contributed by atoms with van der Waals surface area (Å²) in [4.78, 5) is 5.02. The Morgan fingerprint density at radius 3 is 2.51 bits per heavy atom. The molecule has 0 radical (unpaired) electrons. The molecule has 0 bridgehead atoms. The minimum Gasteiger partial charge on any atom is -0.385 e. The summed E-state index contributed by atoms with van der Waals surface area (Å²) in [5, 5.41) is 20.6. The zero-order chi connectivity index (χ0) is 25.1. The van der Waals surface area contributed by atoms with Crippen LogP contribution >= 0.6 is 0 Å². The third-order valence-electron chi connectivity index (χ3n) is 8.30. The number of aromatic nitrogens is 5. The van der Waals surface area contributed by atoms with E-state index in [4.69, 9.17) is 9.72 Å². The number of ether oxygens (including phenoxy) is 1. The summed E-state index contributed by atoms with van der Waals surface area (Å²) in [5.41, 5.74) is 7.63. The molecule has 7 nitrogen and oxygen atoms in total. The zero-order valence-corrected chi connectivity index (χ0v) is 21.3. The molecule has 4 heterocycles. The van der Waals surface area contributed by atoms with Gasteiger partial charge >= 0.3 is 0 Å². The number of benzene rings is 2. The maximum absolute atomic E-state index is 11.0. The number of aryl methyl sites for hydroxylation is 2. The smallest absolute Gasteiger partial charge is 0.0960 e. The molecule has 0 unspecified atom stereocenters. The molecule has 1 aliphatic heterocycles. The first-order chi connectivity index (χ1) is 18.0. The molecule has 37 heavy (non-hydrogen) atoms. The van der Waals surface area contributed by atoms with E-state index < -0.39 is 5.60 Å². The lowest BCUT2D eigenvalue weighted by molar-refractivity contribution is 0.0553. The fraction of sp³-hybridized carbons (Fsp3) is 0.367. The molecule has 188 valence electrons. The number of hydrogen-bond donors (Lipinski definition) is 1. The van der Waals surface area contributed by atoms with E-state index in [2.05, 4.69) is 69.5 Å². The topological polar surface area (TPSA) is 78.0 Å². The summed E-state index contributed by atoms with van der Waals surface area (Å²) in [6.45, 7) is 3.54. The Kier molecular flexibility index (Phi) is 5.20. The van der Waals surface area contributed by atoms with Crippen molar-refractivity contribution in [2.24, 2.45) is 13.0 Å². The van der Waals surface area contributed by atoms with Gasteiger partial charge in [-0.05, 0) is 61.8 Å². The Bertz CT molecular complexity index is 1590. The molecule has 1 saturated carbocycles. The van der Waals surface area contributed by atoms with E-state index in [-0.39, 0.29) is 6.04 Å². The third kappa shape index (κ3) is 3.68. The van der Waals surface area contributed by atoms with Gasteiger partial charge in [0.1, 0.15) is 0 Å². The molecule has 0 spiro atoms. The van der Waals surface area contributed by atoms with E-state index in [0.29, 0.717) is 5.92 Å². The van der Waals surface area contributed by atoms with Gasteiger partial charge in [-0.15, -0.1) is 5.10 Å². The molecule has 1 N–H and O–H groups in total. The lowest BCUT2D eigenvalue weighted by Crippen LogP contribution is -2.27. The molecule has 5 aromatic rings. The third-order valence-corrected chi connectivity index (χ3v) is 8.30. The Labute approximate surface area is 215 Å². The molecular formula is C30H31N5O2. The van der Waals surface area contributed by atoms with Crippen LogP contribution in [0.15, 0.2) is 60.8 Å². The largest absolute Gasteiger partial charge is 0.385 e. The predicted molar refractivity (Wildman–Crippen MR) is 143 cm³/mol. The van der Waals surface area contributed by atoms with Crippen molar-refractivity contribution in [3.8, 4) is 11.3 Å². The fourth-order valence-electron chi connectivity index (χ4n) is 6.20.